The molecule has 1 aliphatic rings. The van der Waals surface area contributed by atoms with Crippen molar-refractivity contribution >= 4 is 17.3 Å². The first-order valence-corrected chi connectivity index (χ1v) is 7.02. The van der Waals surface area contributed by atoms with E-state index < -0.39 is 0 Å². The van der Waals surface area contributed by atoms with Crippen LogP contribution in [0.15, 0.2) is 18.2 Å². The molecule has 0 aromatic heterocycles. The van der Waals surface area contributed by atoms with Gasteiger partial charge in [0.05, 0.1) is 11.4 Å². The highest BCUT2D eigenvalue weighted by molar-refractivity contribution is 5.96. The Morgan fingerprint density at radius 3 is 2.79 bits per heavy atom. The van der Waals surface area contributed by atoms with E-state index in [9.17, 15) is 4.79 Å². The molecule has 4 nitrogen and oxygen atoms in total. The molecule has 4 heteroatoms. The van der Waals surface area contributed by atoms with E-state index in [1.54, 1.807) is 19.2 Å². The minimum atomic E-state index is -0.0849. The molecule has 1 atom stereocenters. The summed E-state index contributed by atoms with van der Waals surface area (Å²) >= 11 is 0. The molecular weight excluding hydrogens is 238 g/mol. The van der Waals surface area contributed by atoms with E-state index in [1.807, 2.05) is 6.07 Å². The lowest BCUT2D eigenvalue weighted by Crippen LogP contribution is -2.21. The van der Waals surface area contributed by atoms with E-state index in [0.29, 0.717) is 17.3 Å². The summed E-state index contributed by atoms with van der Waals surface area (Å²) in [6, 6.07) is 5.82. The summed E-state index contributed by atoms with van der Waals surface area (Å²) in [4.78, 5) is 11.6. The molecule has 4 N–H and O–H groups in total. The number of anilines is 2. The van der Waals surface area contributed by atoms with Gasteiger partial charge in [-0.1, -0.05) is 19.8 Å². The molecule has 0 saturated heterocycles. The van der Waals surface area contributed by atoms with E-state index >= 15 is 0 Å². The lowest BCUT2D eigenvalue weighted by Gasteiger charge is -2.20. The predicted octanol–water partition coefficient (Wildman–Crippen LogP) is 2.62. The van der Waals surface area contributed by atoms with Gasteiger partial charge in [-0.15, -0.1) is 0 Å². The molecule has 104 valence electrons. The van der Waals surface area contributed by atoms with Crippen molar-refractivity contribution in [3.8, 4) is 0 Å². The van der Waals surface area contributed by atoms with Gasteiger partial charge in [0.25, 0.3) is 5.91 Å². The maximum atomic E-state index is 11.6. The van der Waals surface area contributed by atoms with Crippen LogP contribution in [0.1, 0.15) is 43.0 Å². The highest BCUT2D eigenvalue weighted by atomic mass is 16.1. The van der Waals surface area contributed by atoms with Crippen molar-refractivity contribution in [2.45, 2.75) is 38.6 Å². The molecule has 0 heterocycles. The summed E-state index contributed by atoms with van der Waals surface area (Å²) in [6.45, 7) is 2.18. The smallest absolute Gasteiger partial charge is 0.251 e. The Hall–Kier alpha value is -1.71. The molecule has 1 aromatic carbocycles. The molecule has 2 rings (SSSR count). The second kappa shape index (κ2) is 5.95. The number of nitrogen functional groups attached to an aromatic ring is 1. The Kier molecular flexibility index (Phi) is 4.30. The molecule has 0 aliphatic heterocycles. The van der Waals surface area contributed by atoms with Gasteiger partial charge in [0, 0.05) is 18.7 Å². The Morgan fingerprint density at radius 1 is 1.47 bits per heavy atom. The van der Waals surface area contributed by atoms with Gasteiger partial charge < -0.3 is 16.4 Å². The topological polar surface area (TPSA) is 67.2 Å². The summed E-state index contributed by atoms with van der Waals surface area (Å²) < 4.78 is 0. The Labute approximate surface area is 114 Å². The fraction of sp³-hybridized carbons (Fsp3) is 0.533. The molecule has 1 amide bonds. The minimum Gasteiger partial charge on any atom is -0.397 e. The van der Waals surface area contributed by atoms with Crippen molar-refractivity contribution in [2.24, 2.45) is 5.92 Å². The minimum absolute atomic E-state index is 0.0849. The van der Waals surface area contributed by atoms with E-state index in [0.717, 1.165) is 18.0 Å². The first-order chi connectivity index (χ1) is 9.13. The SMILES string of the molecule is CCC(CC1CC1)Nc1cc(C(=O)NC)ccc1N. The van der Waals surface area contributed by atoms with Crippen LogP contribution in [0.2, 0.25) is 0 Å². The number of rotatable bonds is 6. The predicted molar refractivity (Wildman–Crippen MR) is 79.3 cm³/mol. The number of hydrogen-bond donors (Lipinski definition) is 3. The standard InChI is InChI=1S/C15H23N3O/c1-3-12(8-10-4-5-10)18-14-9-11(15(19)17-2)6-7-13(14)16/h6-7,9-10,12,18H,3-5,8,16H2,1-2H3,(H,17,19). The number of benzene rings is 1. The van der Waals surface area contributed by atoms with Crippen LogP contribution in [-0.4, -0.2) is 19.0 Å². The number of carbonyl (C=O) groups excluding carboxylic acids is 1. The molecule has 1 aromatic rings. The maximum Gasteiger partial charge on any atom is 0.251 e. The number of hydrogen-bond acceptors (Lipinski definition) is 3. The fourth-order valence-electron chi connectivity index (χ4n) is 2.27. The molecule has 1 fully saturated rings. The van der Waals surface area contributed by atoms with Crippen LogP contribution < -0.4 is 16.4 Å². The largest absolute Gasteiger partial charge is 0.397 e. The van der Waals surface area contributed by atoms with Gasteiger partial charge in [-0.2, -0.15) is 0 Å². The van der Waals surface area contributed by atoms with Crippen molar-refractivity contribution < 1.29 is 4.79 Å². The van der Waals surface area contributed by atoms with Crippen molar-refractivity contribution in [1.29, 1.82) is 0 Å². The zero-order valence-electron chi connectivity index (χ0n) is 11.7. The van der Waals surface area contributed by atoms with Gasteiger partial charge in [0.15, 0.2) is 0 Å². The Bertz CT molecular complexity index is 455. The lowest BCUT2D eigenvalue weighted by molar-refractivity contribution is 0.0963. The Balaban J connectivity index is 2.10. The molecule has 0 radical (unpaired) electrons. The number of amides is 1. The van der Waals surface area contributed by atoms with Crippen molar-refractivity contribution in [1.82, 2.24) is 5.32 Å². The molecule has 1 saturated carbocycles. The summed E-state index contributed by atoms with van der Waals surface area (Å²) in [6.07, 6.45) is 4.97. The zero-order valence-corrected chi connectivity index (χ0v) is 11.7. The number of nitrogens with one attached hydrogen (secondary N) is 2. The van der Waals surface area contributed by atoms with Crippen LogP contribution in [0.3, 0.4) is 0 Å². The first kappa shape index (κ1) is 13.7. The summed E-state index contributed by atoms with van der Waals surface area (Å²) in [5, 5.41) is 6.11. The van der Waals surface area contributed by atoms with E-state index in [1.165, 1.54) is 19.3 Å². The summed E-state index contributed by atoms with van der Waals surface area (Å²) in [5.74, 6) is 0.791. The third-order valence-corrected chi connectivity index (χ3v) is 3.71. The van der Waals surface area contributed by atoms with Gasteiger partial charge in [-0.25, -0.2) is 0 Å². The first-order valence-electron chi connectivity index (χ1n) is 7.02. The van der Waals surface area contributed by atoms with E-state index in [-0.39, 0.29) is 5.91 Å². The highest BCUT2D eigenvalue weighted by Gasteiger charge is 2.25. The summed E-state index contributed by atoms with van der Waals surface area (Å²) in [7, 11) is 1.63. The monoisotopic (exact) mass is 261 g/mol. The number of carbonyl (C=O) groups is 1. The average molecular weight is 261 g/mol. The maximum absolute atomic E-state index is 11.6. The summed E-state index contributed by atoms with van der Waals surface area (Å²) in [5.41, 5.74) is 8.19. The molecule has 0 spiro atoms. The quantitative estimate of drug-likeness (QED) is 0.690. The van der Waals surface area contributed by atoms with Crippen LogP contribution in [-0.2, 0) is 0 Å². The third-order valence-electron chi connectivity index (χ3n) is 3.71. The number of nitrogens with two attached hydrogens (primary N) is 1. The Morgan fingerprint density at radius 2 is 2.21 bits per heavy atom. The lowest BCUT2D eigenvalue weighted by atomic mass is 10.1. The molecule has 0 bridgehead atoms. The van der Waals surface area contributed by atoms with Crippen LogP contribution in [0, 0.1) is 5.92 Å². The average Bonchev–Trinajstić information content (AvgIpc) is 3.23. The second-order valence-electron chi connectivity index (χ2n) is 5.31. The normalized spacial score (nSPS) is 15.9. The third kappa shape index (κ3) is 3.63. The fourth-order valence-corrected chi connectivity index (χ4v) is 2.27. The van der Waals surface area contributed by atoms with E-state index in [4.69, 9.17) is 5.73 Å². The molecule has 1 unspecified atom stereocenters. The molecule has 1 aliphatic carbocycles. The van der Waals surface area contributed by atoms with Gasteiger partial charge in [-0.05, 0) is 37.0 Å². The van der Waals surface area contributed by atoms with Crippen molar-refractivity contribution in [3.05, 3.63) is 23.8 Å². The van der Waals surface area contributed by atoms with Gasteiger partial charge in [0.1, 0.15) is 0 Å². The molecule has 19 heavy (non-hydrogen) atoms. The second-order valence-corrected chi connectivity index (χ2v) is 5.31. The van der Waals surface area contributed by atoms with Crippen molar-refractivity contribution in [3.63, 3.8) is 0 Å². The van der Waals surface area contributed by atoms with Gasteiger partial charge in [0.2, 0.25) is 0 Å². The van der Waals surface area contributed by atoms with Crippen LogP contribution in [0.25, 0.3) is 0 Å². The zero-order chi connectivity index (χ0) is 13.8. The molecular formula is C15H23N3O. The van der Waals surface area contributed by atoms with Crippen LogP contribution in [0.5, 0.6) is 0 Å². The van der Waals surface area contributed by atoms with Crippen LogP contribution in [0.4, 0.5) is 11.4 Å². The van der Waals surface area contributed by atoms with Crippen molar-refractivity contribution in [2.75, 3.05) is 18.1 Å². The highest BCUT2D eigenvalue weighted by Crippen LogP contribution is 2.35. The van der Waals surface area contributed by atoms with Gasteiger partial charge in [-0.3, -0.25) is 4.79 Å². The van der Waals surface area contributed by atoms with Crippen LogP contribution >= 0.6 is 0 Å². The van der Waals surface area contributed by atoms with E-state index in [2.05, 4.69) is 17.6 Å². The van der Waals surface area contributed by atoms with Gasteiger partial charge >= 0.3 is 0 Å².